The highest BCUT2D eigenvalue weighted by Gasteiger charge is 2.29. The van der Waals surface area contributed by atoms with Crippen molar-refractivity contribution in [1.82, 2.24) is 15.5 Å². The molecule has 0 bridgehead atoms. The van der Waals surface area contributed by atoms with Crippen molar-refractivity contribution in [3.05, 3.63) is 102 Å². The molecule has 3 amide bonds. The van der Waals surface area contributed by atoms with E-state index in [0.717, 1.165) is 24.8 Å². The van der Waals surface area contributed by atoms with E-state index >= 15 is 0 Å². The van der Waals surface area contributed by atoms with Crippen molar-refractivity contribution in [3.63, 3.8) is 0 Å². The van der Waals surface area contributed by atoms with Gasteiger partial charge in [-0.3, -0.25) is 9.59 Å². The molecule has 3 aromatic rings. The first kappa shape index (κ1) is 30.6. The molecule has 1 saturated heterocycles. The number of ether oxygens (including phenoxy) is 2. The summed E-state index contributed by atoms with van der Waals surface area (Å²) in [6.45, 7) is 1.93. The van der Waals surface area contributed by atoms with Crippen LogP contribution < -0.4 is 15.4 Å². The van der Waals surface area contributed by atoms with E-state index in [1.807, 2.05) is 41.3 Å². The minimum absolute atomic E-state index is 0.0785. The zero-order valence-electron chi connectivity index (χ0n) is 24.3. The van der Waals surface area contributed by atoms with E-state index in [1.54, 1.807) is 31.4 Å². The summed E-state index contributed by atoms with van der Waals surface area (Å²) in [7, 11) is 1.56. The van der Waals surface area contributed by atoms with E-state index in [0.29, 0.717) is 56.1 Å². The number of nitrogens with one attached hydrogen (secondary N) is 2. The number of carbonyl (C=O) groups is 3. The second-order valence-corrected chi connectivity index (χ2v) is 10.7. The zero-order chi connectivity index (χ0) is 29.6. The summed E-state index contributed by atoms with van der Waals surface area (Å²) in [6, 6.07) is 26.2. The molecule has 0 radical (unpaired) electrons. The van der Waals surface area contributed by atoms with Crippen LogP contribution in [0.1, 0.15) is 53.6 Å². The normalized spacial score (nSPS) is 14.1. The molecule has 1 atom stereocenters. The molecule has 8 nitrogen and oxygen atoms in total. The van der Waals surface area contributed by atoms with Crippen LogP contribution in [0.5, 0.6) is 5.75 Å². The maximum Gasteiger partial charge on any atom is 0.408 e. The fourth-order valence-electron chi connectivity index (χ4n) is 5.23. The Kier molecular flexibility index (Phi) is 11.8. The molecule has 0 saturated carbocycles. The van der Waals surface area contributed by atoms with Crippen molar-refractivity contribution in [2.75, 3.05) is 26.7 Å². The summed E-state index contributed by atoms with van der Waals surface area (Å²) in [4.78, 5) is 40.6. The van der Waals surface area contributed by atoms with Crippen LogP contribution in [0.3, 0.4) is 0 Å². The highest BCUT2D eigenvalue weighted by Crippen LogP contribution is 2.23. The van der Waals surface area contributed by atoms with Gasteiger partial charge in [0.1, 0.15) is 18.4 Å². The van der Waals surface area contributed by atoms with Gasteiger partial charge in [-0.15, -0.1) is 0 Å². The number of unbranched alkanes of at least 4 members (excludes halogenated alkanes) is 1. The molecule has 222 valence electrons. The Morgan fingerprint density at radius 1 is 0.881 bits per heavy atom. The largest absolute Gasteiger partial charge is 0.497 e. The molecule has 2 N–H and O–H groups in total. The number of methoxy groups -OCH3 is 1. The van der Waals surface area contributed by atoms with Gasteiger partial charge < -0.3 is 25.0 Å². The molecule has 42 heavy (non-hydrogen) atoms. The quantitative estimate of drug-likeness (QED) is 0.269. The van der Waals surface area contributed by atoms with Crippen molar-refractivity contribution < 1.29 is 23.9 Å². The van der Waals surface area contributed by atoms with E-state index in [4.69, 9.17) is 9.47 Å². The van der Waals surface area contributed by atoms with Crippen molar-refractivity contribution in [2.24, 2.45) is 5.92 Å². The van der Waals surface area contributed by atoms with Crippen LogP contribution in [-0.4, -0.2) is 55.6 Å². The molecule has 0 spiro atoms. The third kappa shape index (κ3) is 9.65. The molecule has 1 fully saturated rings. The van der Waals surface area contributed by atoms with E-state index in [2.05, 4.69) is 34.9 Å². The van der Waals surface area contributed by atoms with Gasteiger partial charge in [0.15, 0.2) is 0 Å². The average Bonchev–Trinajstić information content (AvgIpc) is 3.04. The molecular formula is C34H41N3O5. The molecule has 3 aromatic carbocycles. The Bertz CT molecular complexity index is 1280. The fraction of sp³-hybridized carbons (Fsp3) is 0.382. The number of hydrogen-bond acceptors (Lipinski definition) is 5. The Balaban J connectivity index is 1.27. The van der Waals surface area contributed by atoms with E-state index in [9.17, 15) is 14.4 Å². The summed E-state index contributed by atoms with van der Waals surface area (Å²) in [5.74, 6) is 0.901. The monoisotopic (exact) mass is 571 g/mol. The maximum absolute atomic E-state index is 13.6. The number of amides is 3. The first-order chi connectivity index (χ1) is 20.5. The van der Waals surface area contributed by atoms with Gasteiger partial charge in [-0.25, -0.2) is 4.79 Å². The average molecular weight is 572 g/mol. The standard InChI is InChI=1S/C34H41N3O5/c1-41-30-16-10-15-29(24-30)32(38)35-20-9-8-17-31(36-34(40)42-25-28-13-6-3-7-14-28)33(39)37-21-18-27(19-22-37)23-26-11-4-2-5-12-26/h2-7,10-16,24,27,31H,8-9,17-23,25H2,1H3,(H,35,38)(H,36,40). The number of alkyl carbamates (subject to hydrolysis) is 1. The van der Waals surface area contributed by atoms with Crippen LogP contribution in [0.25, 0.3) is 0 Å². The highest BCUT2D eigenvalue weighted by atomic mass is 16.5. The molecule has 8 heteroatoms. The van der Waals surface area contributed by atoms with Crippen LogP contribution in [0, 0.1) is 5.92 Å². The predicted octanol–water partition coefficient (Wildman–Crippen LogP) is 5.37. The molecule has 1 unspecified atom stereocenters. The topological polar surface area (TPSA) is 97.0 Å². The van der Waals surface area contributed by atoms with E-state index in [-0.39, 0.29) is 18.4 Å². The lowest BCUT2D eigenvalue weighted by molar-refractivity contribution is -0.135. The zero-order valence-corrected chi connectivity index (χ0v) is 24.3. The van der Waals surface area contributed by atoms with Crippen LogP contribution in [0.4, 0.5) is 4.79 Å². The molecule has 1 heterocycles. The van der Waals surface area contributed by atoms with Crippen molar-refractivity contribution in [2.45, 2.75) is 51.2 Å². The number of likely N-dealkylation sites (tertiary alicyclic amines) is 1. The van der Waals surface area contributed by atoms with Gasteiger partial charge in [0.2, 0.25) is 5.91 Å². The minimum Gasteiger partial charge on any atom is -0.497 e. The maximum atomic E-state index is 13.6. The van der Waals surface area contributed by atoms with Gasteiger partial charge in [-0.05, 0) is 73.8 Å². The van der Waals surface area contributed by atoms with Gasteiger partial charge in [-0.2, -0.15) is 0 Å². The second kappa shape index (κ2) is 16.2. The third-order valence-electron chi connectivity index (χ3n) is 7.63. The summed E-state index contributed by atoms with van der Waals surface area (Å²) in [5, 5.41) is 5.74. The van der Waals surface area contributed by atoms with Crippen molar-refractivity contribution in [3.8, 4) is 5.75 Å². The Labute approximate surface area is 248 Å². The molecule has 4 rings (SSSR count). The second-order valence-electron chi connectivity index (χ2n) is 10.7. The smallest absolute Gasteiger partial charge is 0.408 e. The Morgan fingerprint density at radius 2 is 1.57 bits per heavy atom. The predicted molar refractivity (Wildman–Crippen MR) is 162 cm³/mol. The lowest BCUT2D eigenvalue weighted by Crippen LogP contribution is -2.51. The lowest BCUT2D eigenvalue weighted by atomic mass is 9.90. The van der Waals surface area contributed by atoms with Crippen molar-refractivity contribution in [1.29, 1.82) is 0 Å². The van der Waals surface area contributed by atoms with Gasteiger partial charge in [0.05, 0.1) is 7.11 Å². The first-order valence-corrected chi connectivity index (χ1v) is 14.7. The first-order valence-electron chi connectivity index (χ1n) is 14.7. The molecule has 0 aromatic heterocycles. The number of benzene rings is 3. The third-order valence-corrected chi connectivity index (χ3v) is 7.63. The van der Waals surface area contributed by atoms with Crippen LogP contribution in [-0.2, 0) is 22.6 Å². The Morgan fingerprint density at radius 3 is 2.26 bits per heavy atom. The highest BCUT2D eigenvalue weighted by molar-refractivity contribution is 5.94. The Hall–Kier alpha value is -4.33. The SMILES string of the molecule is COc1cccc(C(=O)NCCCCC(NC(=O)OCc2ccccc2)C(=O)N2CCC(Cc3ccccc3)CC2)c1. The summed E-state index contributed by atoms with van der Waals surface area (Å²) in [6.07, 6.45) is 4.04. The van der Waals surface area contributed by atoms with Crippen LogP contribution in [0.15, 0.2) is 84.9 Å². The number of piperidine rings is 1. The minimum atomic E-state index is -0.687. The molecular weight excluding hydrogens is 530 g/mol. The van der Waals surface area contributed by atoms with E-state index < -0.39 is 12.1 Å². The number of hydrogen-bond donors (Lipinski definition) is 2. The number of nitrogens with zero attached hydrogens (tertiary/aromatic N) is 1. The number of carbonyl (C=O) groups excluding carboxylic acids is 3. The summed E-state index contributed by atoms with van der Waals surface area (Å²) < 4.78 is 10.6. The molecule has 1 aliphatic rings. The van der Waals surface area contributed by atoms with Crippen LogP contribution >= 0.6 is 0 Å². The van der Waals surface area contributed by atoms with Crippen molar-refractivity contribution >= 4 is 17.9 Å². The number of rotatable bonds is 13. The van der Waals surface area contributed by atoms with Crippen LogP contribution in [0.2, 0.25) is 0 Å². The van der Waals surface area contributed by atoms with Gasteiger partial charge >= 0.3 is 6.09 Å². The van der Waals surface area contributed by atoms with Gasteiger partial charge in [0, 0.05) is 25.2 Å². The van der Waals surface area contributed by atoms with E-state index in [1.165, 1.54) is 5.56 Å². The molecule has 0 aliphatic carbocycles. The lowest BCUT2D eigenvalue weighted by Gasteiger charge is -2.34. The summed E-state index contributed by atoms with van der Waals surface area (Å²) in [5.41, 5.74) is 2.73. The molecule has 1 aliphatic heterocycles. The van der Waals surface area contributed by atoms with Gasteiger partial charge in [0.25, 0.3) is 5.91 Å². The van der Waals surface area contributed by atoms with Gasteiger partial charge in [-0.1, -0.05) is 66.7 Å². The summed E-state index contributed by atoms with van der Waals surface area (Å²) >= 11 is 0. The fourth-order valence-corrected chi connectivity index (χ4v) is 5.23.